The predicted molar refractivity (Wildman–Crippen MR) is 399 cm³/mol. The molecule has 0 saturated carbocycles. The summed E-state index contributed by atoms with van der Waals surface area (Å²) in [6.07, 6.45) is 0. The number of carbonyl (C=O) groups is 3. The maximum atomic E-state index is 11.6. The van der Waals surface area contributed by atoms with Crippen LogP contribution in [0.2, 0.25) is 0 Å². The Labute approximate surface area is 590 Å². The molecule has 0 bridgehead atoms. The quantitative estimate of drug-likeness (QED) is 0.0418. The summed E-state index contributed by atoms with van der Waals surface area (Å²) in [5.41, 5.74) is 10.0. The van der Waals surface area contributed by atoms with E-state index < -0.39 is 3.37 Å². The van der Waals surface area contributed by atoms with E-state index in [4.69, 9.17) is 119 Å². The zero-order chi connectivity index (χ0) is 69.2. The molecule has 0 radical (unpaired) electrons. The molecule has 0 aliphatic rings. The fourth-order valence-electron chi connectivity index (χ4n) is 6.38. The molecule has 0 spiro atoms. The normalized spacial score (nSPS) is 10.5. The molecule has 4 aromatic carbocycles. The van der Waals surface area contributed by atoms with Crippen molar-refractivity contribution in [3.8, 4) is 6.07 Å². The average Bonchev–Trinajstić information content (AvgIpc) is 3.44. The number of allylic oxidation sites excluding steroid dienone is 1. The Morgan fingerprint density at radius 2 is 0.852 bits per heavy atom. The Morgan fingerprint density at radius 3 is 1.06 bits per heavy atom. The van der Waals surface area contributed by atoms with E-state index in [9.17, 15) is 14.4 Å². The van der Waals surface area contributed by atoms with Crippen LogP contribution in [-0.4, -0.2) is 113 Å². The van der Waals surface area contributed by atoms with E-state index in [-0.39, 0.29) is 59.2 Å². The molecule has 3 amide bonds. The molecule has 506 valence electrons. The second-order valence-electron chi connectivity index (χ2n) is 21.1. The number of benzene rings is 4. The van der Waals surface area contributed by atoms with Gasteiger partial charge in [0.2, 0.25) is 22.9 Å². The van der Waals surface area contributed by atoms with Crippen LogP contribution in [0.1, 0.15) is 136 Å². The third-order valence-electron chi connectivity index (χ3n) is 11.2. The second-order valence-corrected chi connectivity index (χ2v) is 39.5. The molecule has 4 rings (SSSR count). The first kappa shape index (κ1) is 99.1. The number of rotatable bonds is 15. The summed E-state index contributed by atoms with van der Waals surface area (Å²) in [5, 5.41) is 11.8. The molecular formula is C66H108Cl11N7O3P+. The maximum absolute atomic E-state index is 11.6. The third kappa shape index (κ3) is 65.1. The molecular weight excluding hydrogens is 1360 g/mol. The van der Waals surface area contributed by atoms with Crippen LogP contribution in [-0.2, 0) is 34.0 Å². The first-order valence-electron chi connectivity index (χ1n) is 28.6. The Bertz CT molecular complexity index is 2460. The zero-order valence-electron chi connectivity index (χ0n) is 56.8. The number of amides is 3. The minimum absolute atomic E-state index is 0. The topological polar surface area (TPSA) is 103 Å². The number of nitriles is 1. The number of carbonyl (C=O) groups excluding carboxylic acids is 3. The van der Waals surface area contributed by atoms with Crippen LogP contribution in [0, 0.1) is 62.7 Å². The fourth-order valence-corrected chi connectivity index (χ4v) is 6.62. The van der Waals surface area contributed by atoms with E-state index in [0.717, 1.165) is 29.0 Å². The van der Waals surface area contributed by atoms with E-state index in [1.54, 1.807) is 25.1 Å². The monoisotopic (exact) mass is 1460 g/mol. The number of nitrogens with zero attached hydrogens (tertiary/aromatic N) is 6. The predicted octanol–water partition coefficient (Wildman–Crippen LogP) is 21.7. The van der Waals surface area contributed by atoms with Crippen molar-refractivity contribution in [3.05, 3.63) is 153 Å². The summed E-state index contributed by atoms with van der Waals surface area (Å²) in [5.74, 6) is 1.00. The molecule has 0 unspecified atom stereocenters. The number of hydrogen-bond donors (Lipinski definition) is 1. The number of nitrogens with one attached hydrogen (secondary N) is 1. The summed E-state index contributed by atoms with van der Waals surface area (Å²) in [7, 11) is 9.22. The molecule has 22 heteroatoms. The standard InChI is InChI=1S/C13H19ClN.C13H18ClN.C13H19NO.C7H8.C6H12ClNO.C6H15N.C5H11NO.C2H3N.CH2Cl2.Cl5P.ClH/c2*1-10(2)13(14)15(4)9-12-7-5-11(3)6-8-12;1-10(2)13(15)14(4)9-12-7-5-11(3)6-8-12;1-7-5-3-2-4-6-7;1-5(2)6(9)8(3)4-7;1-4-7(5-2)6-3;1-4(2)5(7)6-3;1-2-3;2-1-3;1-6(2,3,4)5;/h5-8,10H,9H2,1-4H3;5-8H,9H2,1-4H3;5-8,10H,9H2,1-4H3;2-6H,1H3;5H,4H2,1-3H3;4-6H2,1-3H3;4H,1-3H3,(H,6,7);1H3;1H2;;1H/q+1;;;;;;;;;;. The van der Waals surface area contributed by atoms with Crippen LogP contribution in [0.25, 0.3) is 0 Å². The Hall–Kier alpha value is -2.43. The molecule has 0 atom stereocenters. The zero-order valence-corrected chi connectivity index (χ0v) is 66.1. The van der Waals surface area contributed by atoms with Gasteiger partial charge in [0, 0.05) is 77.4 Å². The van der Waals surface area contributed by atoms with Crippen LogP contribution in [0.5, 0.6) is 0 Å². The van der Waals surface area contributed by atoms with Gasteiger partial charge in [-0.25, -0.2) is 4.58 Å². The molecule has 0 saturated heterocycles. The number of halogens is 11. The molecule has 0 aromatic heterocycles. The number of aryl methyl sites for hydroxylation is 4. The van der Waals surface area contributed by atoms with Gasteiger partial charge in [0.05, 0.1) is 17.4 Å². The number of alkyl halides is 3. The van der Waals surface area contributed by atoms with Gasteiger partial charge in [-0.1, -0.05) is 213 Å². The van der Waals surface area contributed by atoms with Gasteiger partial charge in [-0.2, -0.15) is 5.26 Å². The van der Waals surface area contributed by atoms with Gasteiger partial charge in [-0.05, 0) is 89.5 Å². The van der Waals surface area contributed by atoms with Crippen LogP contribution in [0.3, 0.4) is 0 Å². The molecule has 88 heavy (non-hydrogen) atoms. The van der Waals surface area contributed by atoms with Crippen LogP contribution >= 0.6 is 130 Å². The summed E-state index contributed by atoms with van der Waals surface area (Å²) < 4.78 is -1.59. The molecule has 0 heterocycles. The van der Waals surface area contributed by atoms with Crippen LogP contribution in [0.15, 0.2) is 114 Å². The SMILES string of the molecule is CC#N.CC(C)=C(Cl)N(C)Cc1ccc(C)cc1.CC(C)C(=O)N(C)CCl.CCN(CC)CC.CNC(=O)C(C)C.Cc1ccc(CN(C)C(=O)C(C)C)cc1.Cc1ccc(C[N+](C)=C(Cl)C(C)C)cc1.Cc1ccccc1.Cl.ClCCl.ClP(Cl)(Cl)(Cl)Cl. The van der Waals surface area contributed by atoms with Gasteiger partial charge < -0.3 is 24.9 Å². The Morgan fingerprint density at radius 1 is 0.557 bits per heavy atom. The van der Waals surface area contributed by atoms with E-state index >= 15 is 0 Å². The van der Waals surface area contributed by atoms with Crippen molar-refractivity contribution in [1.29, 1.82) is 5.26 Å². The summed E-state index contributed by atoms with van der Waals surface area (Å²) in [6.45, 7) is 41.8. The molecule has 10 nitrogen and oxygen atoms in total. The van der Waals surface area contributed by atoms with Crippen LogP contribution in [0.4, 0.5) is 0 Å². The van der Waals surface area contributed by atoms with Crippen LogP contribution < -0.4 is 5.32 Å². The molecule has 4 aromatic rings. The number of hydrogen-bond acceptors (Lipinski definition) is 6. The summed E-state index contributed by atoms with van der Waals surface area (Å²) >= 11 is 52.2. The Balaban J connectivity index is -0.000000172. The van der Waals surface area contributed by atoms with Crippen molar-refractivity contribution in [2.75, 3.05) is 66.2 Å². The Kier molecular flexibility index (Phi) is 65.8. The van der Waals surface area contributed by atoms with Crippen molar-refractivity contribution >= 4 is 153 Å². The van der Waals surface area contributed by atoms with Gasteiger partial charge in [0.1, 0.15) is 12.2 Å². The van der Waals surface area contributed by atoms with Crippen molar-refractivity contribution in [2.45, 2.75) is 144 Å². The molecule has 0 aliphatic carbocycles. The molecule has 0 fully saturated rings. The first-order chi connectivity index (χ1) is 40.1. The summed E-state index contributed by atoms with van der Waals surface area (Å²) in [6, 6.07) is 37.7. The van der Waals surface area contributed by atoms with Crippen molar-refractivity contribution in [1.82, 2.24) is 24.9 Å². The van der Waals surface area contributed by atoms with E-state index in [1.807, 2.05) is 94.7 Å². The van der Waals surface area contributed by atoms with Crippen molar-refractivity contribution in [2.24, 2.45) is 23.7 Å². The molecule has 0 aliphatic heterocycles. The van der Waals surface area contributed by atoms with Gasteiger partial charge in [0.25, 0.3) is 0 Å². The average molecular weight is 1470 g/mol. The molecule has 1 N–H and O–H groups in total. The van der Waals surface area contributed by atoms with E-state index in [2.05, 4.69) is 167 Å². The van der Waals surface area contributed by atoms with Gasteiger partial charge in [-0.3, -0.25) is 14.4 Å². The fraction of sp³-hybridized carbons (Fsp3) is 0.530. The van der Waals surface area contributed by atoms with Crippen molar-refractivity contribution < 1.29 is 19.0 Å². The van der Waals surface area contributed by atoms with Crippen molar-refractivity contribution in [3.63, 3.8) is 0 Å². The van der Waals surface area contributed by atoms with Gasteiger partial charge >= 0.3 is 59.6 Å². The van der Waals surface area contributed by atoms with E-state index in [1.165, 1.54) is 70.4 Å². The van der Waals surface area contributed by atoms with Gasteiger partial charge in [0.15, 0.2) is 6.54 Å². The first-order valence-corrected chi connectivity index (χ1v) is 37.7. The van der Waals surface area contributed by atoms with Gasteiger partial charge in [-0.15, -0.1) is 47.2 Å². The second kappa shape index (κ2) is 58.4. The van der Waals surface area contributed by atoms with E-state index in [0.29, 0.717) is 12.5 Å². The third-order valence-corrected chi connectivity index (χ3v) is 12.9. The minimum atomic E-state index is -3.69. The summed E-state index contributed by atoms with van der Waals surface area (Å²) in [4.78, 5) is 40.7.